The molecule has 9 atom stereocenters. The van der Waals surface area contributed by atoms with E-state index in [4.69, 9.17) is 9.29 Å². The third-order valence-corrected chi connectivity index (χ3v) is 12.6. The molecule has 0 bridgehead atoms. The number of alkyl halides is 5. The van der Waals surface area contributed by atoms with E-state index in [9.17, 15) is 54.3 Å². The smallest absolute Gasteiger partial charge is 0.432 e. The average molecular weight is 701 g/mol. The van der Waals surface area contributed by atoms with E-state index >= 15 is 0 Å². The number of carbonyl (C=O) groups excluding carboxylic acids is 5. The fourth-order valence-electron chi connectivity index (χ4n) is 9.06. The number of carbonyl (C=O) groups is 5. The molecule has 0 aromatic carbocycles. The summed E-state index contributed by atoms with van der Waals surface area (Å²) in [6.07, 6.45) is -7.93. The van der Waals surface area contributed by atoms with Gasteiger partial charge in [0, 0.05) is 49.9 Å². The minimum absolute atomic E-state index is 0.0333. The summed E-state index contributed by atoms with van der Waals surface area (Å²) in [5.41, 5.74) is -0.979. The fourth-order valence-corrected chi connectivity index (χ4v) is 9.52. The first-order chi connectivity index (χ1) is 21.5. The van der Waals surface area contributed by atoms with Crippen LogP contribution in [-0.2, 0) is 43.6 Å². The molecule has 0 aliphatic heterocycles. The molecule has 4 aliphatic rings. The molecule has 4 rings (SSSR count). The van der Waals surface area contributed by atoms with Crippen molar-refractivity contribution in [3.63, 3.8) is 0 Å². The van der Waals surface area contributed by atoms with E-state index in [1.54, 1.807) is 0 Å². The second-order valence-corrected chi connectivity index (χ2v) is 15.7. The lowest BCUT2D eigenvalue weighted by Crippen LogP contribution is -2.60. The quantitative estimate of drug-likeness (QED) is 0.130. The zero-order chi connectivity index (χ0) is 35.3. The molecule has 4 unspecified atom stereocenters. The zero-order valence-corrected chi connectivity index (χ0v) is 27.3. The summed E-state index contributed by atoms with van der Waals surface area (Å²) in [4.78, 5) is 63.7. The fraction of sp³-hybridized carbons (Fsp3) is 0.839. The van der Waals surface area contributed by atoms with Gasteiger partial charge in [0.1, 0.15) is 17.3 Å². The van der Waals surface area contributed by atoms with Gasteiger partial charge in [0.2, 0.25) is 0 Å². The lowest BCUT2D eigenvalue weighted by molar-refractivity contribution is -0.259. The number of hydrogen-bond donors (Lipinski definition) is 1. The van der Waals surface area contributed by atoms with Crippen LogP contribution in [0.2, 0.25) is 0 Å². The Balaban J connectivity index is 1.28. The second-order valence-electron chi connectivity index (χ2n) is 14.2. The zero-order valence-electron chi connectivity index (χ0n) is 26.4. The third-order valence-electron chi connectivity index (χ3n) is 11.7. The molecule has 0 spiro atoms. The lowest BCUT2D eigenvalue weighted by Gasteiger charge is -2.58. The van der Waals surface area contributed by atoms with Crippen molar-refractivity contribution in [2.75, 3.05) is 6.61 Å². The molecular formula is C31H41F5O10S. The summed E-state index contributed by atoms with van der Waals surface area (Å²) in [7, 11) is -6.56. The van der Waals surface area contributed by atoms with Gasteiger partial charge in [0.05, 0.1) is 6.61 Å². The standard InChI is InChI=1S/C31H41F5O10S/c1-16(6-9-24(40)45-12-4-5-25(41)46-27(30(32,33)34)31(35,36)47(42,43)44)19-7-8-20-26-21(15-23(39)29(19,20)3)28(2)11-10-18(37)13-17(28)14-22(26)38/h16-17,19-21,26-27H,4-15H2,1-3H3,(H,42,43,44)/t16-,17+,19-,20+,21+,26?,27?,28?,29?/m1/s1. The molecule has 4 fully saturated rings. The Labute approximate surface area is 269 Å². The Morgan fingerprint density at radius 2 is 1.64 bits per heavy atom. The number of halogens is 5. The molecule has 0 saturated heterocycles. The van der Waals surface area contributed by atoms with Gasteiger partial charge < -0.3 is 9.47 Å². The van der Waals surface area contributed by atoms with Crippen LogP contribution in [-0.4, -0.2) is 66.4 Å². The topological polar surface area (TPSA) is 158 Å². The second kappa shape index (κ2) is 13.1. The van der Waals surface area contributed by atoms with E-state index in [0.29, 0.717) is 44.9 Å². The van der Waals surface area contributed by atoms with Gasteiger partial charge >= 0.3 is 33.5 Å². The minimum atomic E-state index is -6.56. The number of Topliss-reactive ketones (excluding diaryl/α,β-unsaturated/α-hetero) is 3. The van der Waals surface area contributed by atoms with Crippen molar-refractivity contribution in [2.45, 2.75) is 109 Å². The van der Waals surface area contributed by atoms with E-state index in [2.05, 4.69) is 11.7 Å². The monoisotopic (exact) mass is 700 g/mol. The summed E-state index contributed by atoms with van der Waals surface area (Å²) in [5.74, 6) is -2.80. The Hall–Kier alpha value is -2.49. The van der Waals surface area contributed by atoms with Gasteiger partial charge in [-0.05, 0) is 67.1 Å². The number of rotatable bonds is 11. The van der Waals surface area contributed by atoms with Crippen molar-refractivity contribution in [1.29, 1.82) is 0 Å². The summed E-state index contributed by atoms with van der Waals surface area (Å²) in [6.45, 7) is 5.53. The Kier molecular flexibility index (Phi) is 10.4. The largest absolute Gasteiger partial charge is 0.466 e. The predicted molar refractivity (Wildman–Crippen MR) is 152 cm³/mol. The highest BCUT2D eigenvalue weighted by molar-refractivity contribution is 7.86. The molecule has 0 radical (unpaired) electrons. The summed E-state index contributed by atoms with van der Waals surface area (Å²) >= 11 is 0. The van der Waals surface area contributed by atoms with Crippen molar-refractivity contribution >= 4 is 39.4 Å². The van der Waals surface area contributed by atoms with Crippen molar-refractivity contribution in [3.05, 3.63) is 0 Å². The number of hydrogen-bond acceptors (Lipinski definition) is 9. The van der Waals surface area contributed by atoms with Crippen LogP contribution in [0.4, 0.5) is 22.0 Å². The van der Waals surface area contributed by atoms with Crippen LogP contribution in [0.25, 0.3) is 0 Å². The highest BCUT2D eigenvalue weighted by Gasteiger charge is 2.67. The Morgan fingerprint density at radius 1 is 0.979 bits per heavy atom. The van der Waals surface area contributed by atoms with Crippen LogP contribution in [0.5, 0.6) is 0 Å². The molecule has 0 amide bonds. The van der Waals surface area contributed by atoms with Crippen LogP contribution < -0.4 is 0 Å². The summed E-state index contributed by atoms with van der Waals surface area (Å²) in [5, 5.41) is -5.84. The van der Waals surface area contributed by atoms with Crippen molar-refractivity contribution in [1.82, 2.24) is 0 Å². The molecular weight excluding hydrogens is 659 g/mol. The van der Waals surface area contributed by atoms with Gasteiger partial charge in [0.25, 0.3) is 6.10 Å². The number of fused-ring (bicyclic) bond motifs is 5. The normalized spacial score (nSPS) is 34.1. The van der Waals surface area contributed by atoms with Gasteiger partial charge in [-0.1, -0.05) is 20.8 Å². The molecule has 0 aromatic rings. The number of ether oxygens (including phenoxy) is 2. The van der Waals surface area contributed by atoms with E-state index in [-0.39, 0.29) is 71.1 Å². The lowest BCUT2D eigenvalue weighted by atomic mass is 9.44. The van der Waals surface area contributed by atoms with Crippen molar-refractivity contribution in [2.24, 2.45) is 46.3 Å². The van der Waals surface area contributed by atoms with Gasteiger partial charge in [-0.3, -0.25) is 28.5 Å². The molecule has 0 heterocycles. The van der Waals surface area contributed by atoms with E-state index in [0.717, 1.165) is 0 Å². The maximum atomic E-state index is 13.9. The van der Waals surface area contributed by atoms with E-state index in [1.165, 1.54) is 0 Å². The average Bonchev–Trinajstić information content (AvgIpc) is 3.31. The molecule has 1 N–H and O–H groups in total. The Morgan fingerprint density at radius 3 is 2.26 bits per heavy atom. The number of esters is 2. The van der Waals surface area contributed by atoms with E-state index < -0.39 is 64.5 Å². The molecule has 0 aromatic heterocycles. The molecule has 10 nitrogen and oxygen atoms in total. The molecule has 16 heteroatoms. The van der Waals surface area contributed by atoms with Crippen LogP contribution >= 0.6 is 0 Å². The summed E-state index contributed by atoms with van der Waals surface area (Å²) < 4.78 is 104. The first-order valence-electron chi connectivity index (χ1n) is 15.9. The number of ketones is 3. The van der Waals surface area contributed by atoms with Crippen LogP contribution in [0, 0.1) is 46.3 Å². The molecule has 47 heavy (non-hydrogen) atoms. The first kappa shape index (κ1) is 37.3. The van der Waals surface area contributed by atoms with E-state index in [1.807, 2.05) is 13.8 Å². The predicted octanol–water partition coefficient (Wildman–Crippen LogP) is 5.27. The SMILES string of the molecule is C[C@H](CCC(=O)OCCCC(=O)OC(C(F)(F)F)C(F)(F)S(=O)(=O)O)[C@H]1CC[C@H]2C3C(=O)C[C@@H]4CC(=O)CCC4(C)[C@H]3CC(=O)C12C. The van der Waals surface area contributed by atoms with Gasteiger partial charge in [-0.15, -0.1) is 0 Å². The highest BCUT2D eigenvalue weighted by Crippen LogP contribution is 2.66. The van der Waals surface area contributed by atoms with Gasteiger partial charge in [0.15, 0.2) is 0 Å². The Bertz CT molecular complexity index is 1400. The van der Waals surface area contributed by atoms with Crippen LogP contribution in [0.15, 0.2) is 0 Å². The summed E-state index contributed by atoms with van der Waals surface area (Å²) in [6, 6.07) is 0. The minimum Gasteiger partial charge on any atom is -0.466 e. The van der Waals surface area contributed by atoms with Gasteiger partial charge in [-0.2, -0.15) is 30.4 Å². The van der Waals surface area contributed by atoms with Gasteiger partial charge in [-0.25, -0.2) is 0 Å². The van der Waals surface area contributed by atoms with Crippen LogP contribution in [0.3, 0.4) is 0 Å². The molecule has 4 saturated carbocycles. The molecule has 266 valence electrons. The van der Waals surface area contributed by atoms with Crippen molar-refractivity contribution in [3.8, 4) is 0 Å². The third kappa shape index (κ3) is 7.00. The van der Waals surface area contributed by atoms with Crippen LogP contribution in [0.1, 0.15) is 91.4 Å². The first-order valence-corrected chi connectivity index (χ1v) is 17.3. The maximum absolute atomic E-state index is 13.9. The molecule has 4 aliphatic carbocycles. The maximum Gasteiger partial charge on any atom is 0.432 e. The van der Waals surface area contributed by atoms with Crippen molar-refractivity contribution < 1.29 is 68.4 Å². The highest BCUT2D eigenvalue weighted by atomic mass is 32.2.